The molecule has 0 aromatic heterocycles. The molecule has 1 heterocycles. The summed E-state index contributed by atoms with van der Waals surface area (Å²) in [5.41, 5.74) is 4.44. The molecule has 0 radical (unpaired) electrons. The van der Waals surface area contributed by atoms with Crippen LogP contribution in [0.5, 0.6) is 5.75 Å². The van der Waals surface area contributed by atoms with E-state index in [0.29, 0.717) is 18.1 Å². The second-order valence-electron chi connectivity index (χ2n) is 6.25. The van der Waals surface area contributed by atoms with Crippen molar-refractivity contribution in [1.82, 2.24) is 5.43 Å². The van der Waals surface area contributed by atoms with Crippen LogP contribution in [0.25, 0.3) is 0 Å². The van der Waals surface area contributed by atoms with E-state index in [4.69, 9.17) is 16.3 Å². The lowest BCUT2D eigenvalue weighted by Crippen LogP contribution is -2.26. The maximum Gasteiger partial charge on any atom is 0.242 e. The van der Waals surface area contributed by atoms with Crippen molar-refractivity contribution in [2.24, 2.45) is 5.10 Å². The minimum atomic E-state index is -0.0599. The maximum absolute atomic E-state index is 12.0. The third-order valence-electron chi connectivity index (χ3n) is 4.01. The normalized spacial score (nSPS) is 15.8. The highest BCUT2D eigenvalue weighted by Gasteiger charge is 2.32. The zero-order valence-corrected chi connectivity index (χ0v) is 17.4. The summed E-state index contributed by atoms with van der Waals surface area (Å²) < 4.78 is 5.73. The molecule has 2 aromatic carbocycles. The van der Waals surface area contributed by atoms with Gasteiger partial charge in [-0.05, 0) is 42.8 Å². The zero-order valence-electron chi connectivity index (χ0n) is 15.0. The molecule has 2 aromatic rings. The summed E-state index contributed by atoms with van der Waals surface area (Å²) in [7, 11) is 0. The van der Waals surface area contributed by atoms with Gasteiger partial charge in [-0.15, -0.1) is 23.5 Å². The van der Waals surface area contributed by atoms with Gasteiger partial charge in [0.2, 0.25) is 5.91 Å². The number of hydrogen-bond acceptors (Lipinski definition) is 5. The van der Waals surface area contributed by atoms with Gasteiger partial charge in [-0.2, -0.15) is 5.10 Å². The van der Waals surface area contributed by atoms with E-state index in [0.717, 1.165) is 28.4 Å². The first-order valence-electron chi connectivity index (χ1n) is 8.60. The Kier molecular flexibility index (Phi) is 7.10. The number of amides is 1. The average Bonchev–Trinajstić information content (AvgIpc) is 3.08. The minimum absolute atomic E-state index is 0.0275. The fourth-order valence-corrected chi connectivity index (χ4v) is 5.62. The lowest BCUT2D eigenvalue weighted by Gasteiger charge is -2.19. The van der Waals surface area contributed by atoms with Crippen LogP contribution in [0.2, 0.25) is 5.02 Å². The molecule has 1 aliphatic rings. The SMILES string of the molecule is CC1(CC(=O)N/N=C\c2ccc(OCc3ccccc3Cl)cc2)SCCS1. The number of nitrogens with zero attached hydrogens (tertiary/aromatic N) is 1. The Morgan fingerprint density at radius 1 is 1.22 bits per heavy atom. The number of rotatable bonds is 7. The van der Waals surface area contributed by atoms with Gasteiger partial charge in [-0.3, -0.25) is 4.79 Å². The van der Waals surface area contributed by atoms with Crippen LogP contribution in [0.4, 0.5) is 0 Å². The monoisotopic (exact) mass is 420 g/mol. The smallest absolute Gasteiger partial charge is 0.242 e. The van der Waals surface area contributed by atoms with E-state index in [-0.39, 0.29) is 9.99 Å². The molecule has 3 rings (SSSR count). The second-order valence-corrected chi connectivity index (χ2v) is 10.1. The van der Waals surface area contributed by atoms with Crippen LogP contribution in [0.15, 0.2) is 53.6 Å². The van der Waals surface area contributed by atoms with Crippen molar-refractivity contribution in [2.75, 3.05) is 11.5 Å². The molecule has 0 unspecified atom stereocenters. The van der Waals surface area contributed by atoms with Gasteiger partial charge in [-0.1, -0.05) is 29.8 Å². The van der Waals surface area contributed by atoms with E-state index in [9.17, 15) is 4.79 Å². The minimum Gasteiger partial charge on any atom is -0.489 e. The van der Waals surface area contributed by atoms with E-state index >= 15 is 0 Å². The fourth-order valence-electron chi connectivity index (χ4n) is 2.60. The van der Waals surface area contributed by atoms with Crippen LogP contribution in [0, 0.1) is 0 Å². The molecule has 1 saturated heterocycles. The van der Waals surface area contributed by atoms with E-state index < -0.39 is 0 Å². The van der Waals surface area contributed by atoms with Crippen LogP contribution < -0.4 is 10.2 Å². The average molecular weight is 421 g/mol. The molecular formula is C20H21ClN2O2S2. The summed E-state index contributed by atoms with van der Waals surface area (Å²) in [6.07, 6.45) is 2.10. The predicted molar refractivity (Wildman–Crippen MR) is 116 cm³/mol. The Balaban J connectivity index is 1.46. The lowest BCUT2D eigenvalue weighted by atomic mass is 10.2. The standard InChI is InChI=1S/C20H21ClN2O2S2/c1-20(26-10-11-27-20)12-19(24)23-22-13-15-6-8-17(9-7-15)25-14-16-4-2-3-5-18(16)21/h2-9,13H,10-12,14H2,1H3,(H,23,24)/b22-13-. The van der Waals surface area contributed by atoms with Crippen LogP contribution in [0.3, 0.4) is 0 Å². The molecular weight excluding hydrogens is 400 g/mol. The number of thioether (sulfide) groups is 2. The molecule has 0 aliphatic carbocycles. The van der Waals surface area contributed by atoms with Gasteiger partial charge in [0, 0.05) is 22.1 Å². The number of hydrogen-bond donors (Lipinski definition) is 1. The summed E-state index contributed by atoms with van der Waals surface area (Å²) in [5.74, 6) is 2.89. The predicted octanol–water partition coefficient (Wildman–Crippen LogP) is 4.96. The Morgan fingerprint density at radius 2 is 1.93 bits per heavy atom. The summed E-state index contributed by atoms with van der Waals surface area (Å²) in [5, 5.41) is 4.74. The Hall–Kier alpha value is -1.63. The van der Waals surface area contributed by atoms with E-state index in [1.165, 1.54) is 0 Å². The first kappa shape index (κ1) is 20.1. The van der Waals surface area contributed by atoms with Crippen LogP contribution in [-0.2, 0) is 11.4 Å². The second kappa shape index (κ2) is 9.53. The molecule has 1 aliphatic heterocycles. The van der Waals surface area contributed by atoms with Gasteiger partial charge in [-0.25, -0.2) is 5.43 Å². The van der Waals surface area contributed by atoms with Gasteiger partial charge in [0.15, 0.2) is 0 Å². The molecule has 0 spiro atoms. The zero-order chi connectivity index (χ0) is 19.1. The van der Waals surface area contributed by atoms with Crippen LogP contribution >= 0.6 is 35.1 Å². The quantitative estimate of drug-likeness (QED) is 0.508. The third kappa shape index (κ3) is 6.19. The molecule has 4 nitrogen and oxygen atoms in total. The molecule has 1 N–H and O–H groups in total. The molecule has 1 amide bonds. The van der Waals surface area contributed by atoms with Gasteiger partial charge < -0.3 is 4.74 Å². The van der Waals surface area contributed by atoms with E-state index in [2.05, 4.69) is 17.5 Å². The van der Waals surface area contributed by atoms with Gasteiger partial charge in [0.25, 0.3) is 0 Å². The van der Waals surface area contributed by atoms with Crippen molar-refractivity contribution < 1.29 is 9.53 Å². The van der Waals surface area contributed by atoms with Crippen LogP contribution in [0.1, 0.15) is 24.5 Å². The van der Waals surface area contributed by atoms with Gasteiger partial charge in [0.1, 0.15) is 12.4 Å². The molecule has 142 valence electrons. The molecule has 1 fully saturated rings. The molecule has 27 heavy (non-hydrogen) atoms. The molecule has 0 saturated carbocycles. The summed E-state index contributed by atoms with van der Waals surface area (Å²) in [6, 6.07) is 15.1. The van der Waals surface area contributed by atoms with Gasteiger partial charge >= 0.3 is 0 Å². The topological polar surface area (TPSA) is 50.7 Å². The summed E-state index contributed by atoms with van der Waals surface area (Å²) >= 11 is 9.80. The van der Waals surface area contributed by atoms with E-state index in [1.54, 1.807) is 6.21 Å². The first-order chi connectivity index (χ1) is 13.0. The largest absolute Gasteiger partial charge is 0.489 e. The highest BCUT2D eigenvalue weighted by molar-refractivity contribution is 8.21. The van der Waals surface area contributed by atoms with Gasteiger partial charge in [0.05, 0.1) is 16.7 Å². The van der Waals surface area contributed by atoms with Crippen molar-refractivity contribution in [1.29, 1.82) is 0 Å². The Morgan fingerprint density at radius 3 is 2.63 bits per heavy atom. The van der Waals surface area contributed by atoms with Crippen LogP contribution in [-0.4, -0.2) is 27.7 Å². The molecule has 7 heteroatoms. The number of ether oxygens (including phenoxy) is 1. The Bertz CT molecular complexity index is 806. The Labute approximate surface area is 173 Å². The number of hydrazone groups is 1. The summed E-state index contributed by atoms with van der Waals surface area (Å²) in [4.78, 5) is 12.0. The number of carbonyl (C=O) groups excluding carboxylic acids is 1. The van der Waals surface area contributed by atoms with Crippen molar-refractivity contribution in [3.05, 3.63) is 64.7 Å². The number of benzene rings is 2. The lowest BCUT2D eigenvalue weighted by molar-refractivity contribution is -0.121. The van der Waals surface area contributed by atoms with Crippen molar-refractivity contribution in [3.63, 3.8) is 0 Å². The van der Waals surface area contributed by atoms with E-state index in [1.807, 2.05) is 72.1 Å². The summed E-state index contributed by atoms with van der Waals surface area (Å²) in [6.45, 7) is 2.53. The van der Waals surface area contributed by atoms with Crippen molar-refractivity contribution >= 4 is 47.2 Å². The molecule has 0 bridgehead atoms. The molecule has 0 atom stereocenters. The number of halogens is 1. The fraction of sp³-hybridized carbons (Fsp3) is 0.300. The highest BCUT2D eigenvalue weighted by Crippen LogP contribution is 2.45. The maximum atomic E-state index is 12.0. The number of carbonyl (C=O) groups is 1. The number of nitrogens with one attached hydrogen (secondary N) is 1. The highest BCUT2D eigenvalue weighted by atomic mass is 35.5. The first-order valence-corrected chi connectivity index (χ1v) is 11.0. The van der Waals surface area contributed by atoms with Crippen molar-refractivity contribution in [3.8, 4) is 5.75 Å². The third-order valence-corrected chi connectivity index (χ3v) is 7.68. The van der Waals surface area contributed by atoms with Crippen molar-refractivity contribution in [2.45, 2.75) is 24.0 Å².